The molecule has 0 saturated heterocycles. The highest BCUT2D eigenvalue weighted by atomic mass is 15.1. The summed E-state index contributed by atoms with van der Waals surface area (Å²) < 4.78 is 0. The van der Waals surface area contributed by atoms with Crippen LogP contribution in [0.2, 0.25) is 0 Å². The van der Waals surface area contributed by atoms with Crippen molar-refractivity contribution in [3.05, 3.63) is 0 Å². The first-order chi connectivity index (χ1) is 6.28. The molecule has 13 heavy (non-hydrogen) atoms. The summed E-state index contributed by atoms with van der Waals surface area (Å²) >= 11 is 0. The summed E-state index contributed by atoms with van der Waals surface area (Å²) in [6, 6.07) is 0. The van der Waals surface area contributed by atoms with Crippen LogP contribution >= 0.6 is 0 Å². The van der Waals surface area contributed by atoms with Crippen LogP contribution in [0, 0.1) is 5.92 Å². The van der Waals surface area contributed by atoms with Crippen LogP contribution in [0.15, 0.2) is 0 Å². The molecule has 0 radical (unpaired) electrons. The summed E-state index contributed by atoms with van der Waals surface area (Å²) in [5, 5.41) is 0. The minimum atomic E-state index is 0.930. The van der Waals surface area contributed by atoms with E-state index in [1.807, 2.05) is 0 Å². The highest BCUT2D eigenvalue weighted by Gasteiger charge is 2.09. The van der Waals surface area contributed by atoms with E-state index in [9.17, 15) is 0 Å². The van der Waals surface area contributed by atoms with Gasteiger partial charge in [-0.1, -0.05) is 47.0 Å². The fourth-order valence-electron chi connectivity index (χ4n) is 1.76. The van der Waals surface area contributed by atoms with E-state index < -0.39 is 0 Å². The topological polar surface area (TPSA) is 3.24 Å². The van der Waals surface area contributed by atoms with E-state index >= 15 is 0 Å². The highest BCUT2D eigenvalue weighted by molar-refractivity contribution is 4.63. The summed E-state index contributed by atoms with van der Waals surface area (Å²) in [4.78, 5) is 2.55. The molecule has 80 valence electrons. The van der Waals surface area contributed by atoms with Crippen molar-refractivity contribution in [2.75, 3.05) is 19.6 Å². The summed E-state index contributed by atoms with van der Waals surface area (Å²) in [5.74, 6) is 0.930. The van der Waals surface area contributed by atoms with E-state index in [1.165, 1.54) is 45.3 Å². The SMILES string of the molecule is CCCC[C@H](CC)CN(CC)CC. The summed E-state index contributed by atoms with van der Waals surface area (Å²) in [7, 11) is 0. The molecule has 1 nitrogen and oxygen atoms in total. The van der Waals surface area contributed by atoms with Crippen LogP contribution < -0.4 is 0 Å². The third-order valence-electron chi connectivity index (χ3n) is 2.95. The van der Waals surface area contributed by atoms with Crippen LogP contribution in [0.4, 0.5) is 0 Å². The van der Waals surface area contributed by atoms with Crippen molar-refractivity contribution in [3.63, 3.8) is 0 Å². The van der Waals surface area contributed by atoms with E-state index in [-0.39, 0.29) is 0 Å². The van der Waals surface area contributed by atoms with Gasteiger partial charge in [-0.05, 0) is 25.4 Å². The standard InChI is InChI=1S/C12H27N/c1-5-9-10-12(6-2)11-13(7-3)8-4/h12H,5-11H2,1-4H3/t12-/m0/s1. The zero-order valence-corrected chi connectivity index (χ0v) is 9.97. The maximum atomic E-state index is 2.55. The van der Waals surface area contributed by atoms with Crippen LogP contribution in [-0.2, 0) is 0 Å². The van der Waals surface area contributed by atoms with Crippen molar-refractivity contribution < 1.29 is 0 Å². The summed E-state index contributed by atoms with van der Waals surface area (Å²) in [6.45, 7) is 12.8. The van der Waals surface area contributed by atoms with Gasteiger partial charge < -0.3 is 4.90 Å². The Morgan fingerprint density at radius 3 is 2.00 bits per heavy atom. The Morgan fingerprint density at radius 2 is 1.62 bits per heavy atom. The molecule has 0 aromatic heterocycles. The third kappa shape index (κ3) is 6.09. The predicted molar refractivity (Wildman–Crippen MR) is 61.1 cm³/mol. The van der Waals surface area contributed by atoms with Gasteiger partial charge >= 0.3 is 0 Å². The first kappa shape index (κ1) is 13.0. The second-order valence-corrected chi connectivity index (χ2v) is 3.90. The molecule has 0 aliphatic heterocycles. The largest absolute Gasteiger partial charge is 0.304 e. The molecule has 0 aromatic rings. The smallest absolute Gasteiger partial charge is 0.000932 e. The maximum absolute atomic E-state index is 2.55. The molecule has 0 aromatic carbocycles. The van der Waals surface area contributed by atoms with Gasteiger partial charge in [-0.2, -0.15) is 0 Å². The van der Waals surface area contributed by atoms with Crippen molar-refractivity contribution in [2.45, 2.75) is 53.4 Å². The van der Waals surface area contributed by atoms with Gasteiger partial charge in [0.05, 0.1) is 0 Å². The van der Waals surface area contributed by atoms with Crippen molar-refractivity contribution in [1.29, 1.82) is 0 Å². The molecule has 0 aliphatic rings. The number of hydrogen-bond acceptors (Lipinski definition) is 1. The first-order valence-corrected chi connectivity index (χ1v) is 6.00. The van der Waals surface area contributed by atoms with Gasteiger partial charge in [-0.15, -0.1) is 0 Å². The molecular formula is C12H27N. The summed E-state index contributed by atoms with van der Waals surface area (Å²) in [6.07, 6.45) is 5.51. The average Bonchev–Trinajstić information content (AvgIpc) is 2.19. The molecule has 0 unspecified atom stereocenters. The van der Waals surface area contributed by atoms with Gasteiger partial charge in [-0.25, -0.2) is 0 Å². The van der Waals surface area contributed by atoms with Crippen LogP contribution in [-0.4, -0.2) is 24.5 Å². The van der Waals surface area contributed by atoms with Crippen LogP contribution in [0.25, 0.3) is 0 Å². The third-order valence-corrected chi connectivity index (χ3v) is 2.95. The molecule has 0 amide bonds. The lowest BCUT2D eigenvalue weighted by Crippen LogP contribution is -2.29. The van der Waals surface area contributed by atoms with Crippen LogP contribution in [0.5, 0.6) is 0 Å². The van der Waals surface area contributed by atoms with E-state index in [4.69, 9.17) is 0 Å². The molecule has 0 spiro atoms. The fourth-order valence-corrected chi connectivity index (χ4v) is 1.76. The Morgan fingerprint density at radius 1 is 1.00 bits per heavy atom. The Labute approximate surface area is 84.5 Å². The van der Waals surface area contributed by atoms with Gasteiger partial charge in [0, 0.05) is 6.54 Å². The zero-order valence-electron chi connectivity index (χ0n) is 9.97. The lowest BCUT2D eigenvalue weighted by atomic mass is 9.99. The number of nitrogens with zero attached hydrogens (tertiary/aromatic N) is 1. The first-order valence-electron chi connectivity index (χ1n) is 6.00. The number of unbranched alkanes of at least 4 members (excludes halogenated alkanes) is 1. The molecule has 0 rings (SSSR count). The van der Waals surface area contributed by atoms with Crippen molar-refractivity contribution in [3.8, 4) is 0 Å². The zero-order chi connectivity index (χ0) is 10.1. The van der Waals surface area contributed by atoms with Crippen LogP contribution in [0.1, 0.15) is 53.4 Å². The minimum Gasteiger partial charge on any atom is -0.304 e. The quantitative estimate of drug-likeness (QED) is 0.559. The number of hydrogen-bond donors (Lipinski definition) is 0. The molecule has 0 heterocycles. The van der Waals surface area contributed by atoms with Gasteiger partial charge in [0.15, 0.2) is 0 Å². The van der Waals surface area contributed by atoms with Gasteiger partial charge in [0.25, 0.3) is 0 Å². The Balaban J connectivity index is 3.67. The van der Waals surface area contributed by atoms with Crippen molar-refractivity contribution in [2.24, 2.45) is 5.92 Å². The van der Waals surface area contributed by atoms with Gasteiger partial charge in [-0.3, -0.25) is 0 Å². The molecule has 0 N–H and O–H groups in total. The molecule has 0 saturated carbocycles. The summed E-state index contributed by atoms with van der Waals surface area (Å²) in [5.41, 5.74) is 0. The Hall–Kier alpha value is -0.0400. The molecule has 0 bridgehead atoms. The van der Waals surface area contributed by atoms with E-state index in [0.29, 0.717) is 0 Å². The van der Waals surface area contributed by atoms with E-state index in [2.05, 4.69) is 32.6 Å². The normalized spacial score (nSPS) is 13.6. The second kappa shape index (κ2) is 8.55. The highest BCUT2D eigenvalue weighted by Crippen LogP contribution is 2.13. The predicted octanol–water partition coefficient (Wildman–Crippen LogP) is 3.54. The molecule has 1 heteroatoms. The van der Waals surface area contributed by atoms with Crippen molar-refractivity contribution >= 4 is 0 Å². The minimum absolute atomic E-state index is 0.930. The lowest BCUT2D eigenvalue weighted by Gasteiger charge is -2.24. The Kier molecular flexibility index (Phi) is 8.53. The van der Waals surface area contributed by atoms with Gasteiger partial charge in [0.1, 0.15) is 0 Å². The van der Waals surface area contributed by atoms with E-state index in [1.54, 1.807) is 0 Å². The van der Waals surface area contributed by atoms with Crippen LogP contribution in [0.3, 0.4) is 0 Å². The van der Waals surface area contributed by atoms with Gasteiger partial charge in [0.2, 0.25) is 0 Å². The fraction of sp³-hybridized carbons (Fsp3) is 1.00. The molecule has 0 aliphatic carbocycles. The average molecular weight is 185 g/mol. The maximum Gasteiger partial charge on any atom is 0.000932 e. The molecule has 0 fully saturated rings. The Bertz CT molecular complexity index is 97.3. The lowest BCUT2D eigenvalue weighted by molar-refractivity contribution is 0.238. The molecule has 1 atom stereocenters. The second-order valence-electron chi connectivity index (χ2n) is 3.90. The van der Waals surface area contributed by atoms with Crippen molar-refractivity contribution in [1.82, 2.24) is 4.90 Å². The number of rotatable bonds is 8. The monoisotopic (exact) mass is 185 g/mol. The van der Waals surface area contributed by atoms with E-state index in [0.717, 1.165) is 5.92 Å². The molecular weight excluding hydrogens is 158 g/mol.